The number of ether oxygens (including phenoxy) is 1. The standard InChI is InChI=1S/C23H26N4O4S/c1-31-21-10-6-5-9-20(21)22(28)25-17-23(19-7-3-2-4-8-19)11-14-26(15-12-23)32(29,30)27-16-13-24-18-27/h2-10,13,16,18H,11-12,14-15,17H2,1H3,(H,25,28). The number of hydrogen-bond donors (Lipinski definition) is 1. The van der Waals surface area contributed by atoms with Crippen LogP contribution in [0.25, 0.3) is 0 Å². The Balaban J connectivity index is 1.54. The van der Waals surface area contributed by atoms with E-state index in [1.165, 1.54) is 30.1 Å². The highest BCUT2D eigenvalue weighted by Gasteiger charge is 2.40. The molecule has 2 heterocycles. The van der Waals surface area contributed by atoms with E-state index in [1.54, 1.807) is 18.2 Å². The fourth-order valence-corrected chi connectivity index (χ4v) is 5.49. The molecule has 1 aromatic heterocycles. The molecule has 1 saturated heterocycles. The molecule has 8 nitrogen and oxygen atoms in total. The lowest BCUT2D eigenvalue weighted by Gasteiger charge is -2.41. The number of benzene rings is 2. The Labute approximate surface area is 188 Å². The number of aromatic nitrogens is 2. The van der Waals surface area contributed by atoms with E-state index in [4.69, 9.17) is 4.74 Å². The van der Waals surface area contributed by atoms with Crippen LogP contribution in [-0.4, -0.2) is 54.3 Å². The molecular weight excluding hydrogens is 428 g/mol. The summed E-state index contributed by atoms with van der Waals surface area (Å²) in [5, 5.41) is 3.06. The Morgan fingerprint density at radius 1 is 1.09 bits per heavy atom. The molecule has 1 fully saturated rings. The second kappa shape index (κ2) is 9.13. The molecule has 4 rings (SSSR count). The highest BCUT2D eigenvalue weighted by molar-refractivity contribution is 7.87. The van der Waals surface area contributed by atoms with Crippen molar-refractivity contribution in [2.24, 2.45) is 0 Å². The molecule has 1 N–H and O–H groups in total. The number of methoxy groups -OCH3 is 1. The molecule has 1 amide bonds. The van der Waals surface area contributed by atoms with Gasteiger partial charge in [-0.25, -0.2) is 8.96 Å². The maximum atomic E-state index is 12.9. The van der Waals surface area contributed by atoms with Gasteiger partial charge < -0.3 is 10.1 Å². The van der Waals surface area contributed by atoms with Crippen molar-refractivity contribution in [1.82, 2.24) is 18.6 Å². The van der Waals surface area contributed by atoms with Crippen LogP contribution in [0.4, 0.5) is 0 Å². The van der Waals surface area contributed by atoms with E-state index in [0.29, 0.717) is 43.8 Å². The van der Waals surface area contributed by atoms with Gasteiger partial charge in [-0.15, -0.1) is 0 Å². The third kappa shape index (κ3) is 4.26. The predicted octanol–water partition coefficient (Wildman–Crippen LogP) is 2.45. The minimum Gasteiger partial charge on any atom is -0.496 e. The number of nitrogens with zero attached hydrogens (tertiary/aromatic N) is 3. The number of para-hydroxylation sites is 1. The zero-order chi connectivity index (χ0) is 22.6. The minimum atomic E-state index is -3.65. The highest BCUT2D eigenvalue weighted by Crippen LogP contribution is 2.36. The number of hydrogen-bond acceptors (Lipinski definition) is 5. The summed E-state index contributed by atoms with van der Waals surface area (Å²) in [6, 6.07) is 17.0. The molecule has 0 aliphatic carbocycles. The van der Waals surface area contributed by atoms with Crippen molar-refractivity contribution in [3.05, 3.63) is 84.4 Å². The molecule has 3 aromatic rings. The molecule has 32 heavy (non-hydrogen) atoms. The zero-order valence-corrected chi connectivity index (χ0v) is 18.7. The van der Waals surface area contributed by atoms with Gasteiger partial charge in [0.1, 0.15) is 12.1 Å². The van der Waals surface area contributed by atoms with Gasteiger partial charge in [-0.1, -0.05) is 42.5 Å². The average molecular weight is 455 g/mol. The first-order chi connectivity index (χ1) is 15.5. The van der Waals surface area contributed by atoms with Gasteiger partial charge in [-0.3, -0.25) is 4.79 Å². The lowest BCUT2D eigenvalue weighted by molar-refractivity contribution is 0.0930. The first-order valence-electron chi connectivity index (χ1n) is 10.4. The summed E-state index contributed by atoms with van der Waals surface area (Å²) in [5.74, 6) is 0.297. The number of amides is 1. The van der Waals surface area contributed by atoms with Crippen LogP contribution >= 0.6 is 0 Å². The number of carbonyl (C=O) groups is 1. The largest absolute Gasteiger partial charge is 0.496 e. The maximum absolute atomic E-state index is 12.9. The van der Waals surface area contributed by atoms with Crippen molar-refractivity contribution in [3.63, 3.8) is 0 Å². The summed E-state index contributed by atoms with van der Waals surface area (Å²) in [6.45, 7) is 1.09. The van der Waals surface area contributed by atoms with Crippen molar-refractivity contribution in [2.75, 3.05) is 26.7 Å². The molecule has 1 aliphatic heterocycles. The first-order valence-corrected chi connectivity index (χ1v) is 11.8. The van der Waals surface area contributed by atoms with E-state index in [0.717, 1.165) is 9.54 Å². The Kier molecular flexibility index (Phi) is 6.29. The van der Waals surface area contributed by atoms with Crippen LogP contribution in [0.1, 0.15) is 28.8 Å². The van der Waals surface area contributed by atoms with Crippen molar-refractivity contribution in [2.45, 2.75) is 18.3 Å². The Morgan fingerprint density at radius 2 is 1.78 bits per heavy atom. The normalized spacial score (nSPS) is 16.4. The third-order valence-corrected chi connectivity index (χ3v) is 7.84. The molecule has 0 spiro atoms. The number of carbonyl (C=O) groups excluding carboxylic acids is 1. The van der Waals surface area contributed by atoms with Gasteiger partial charge in [0.2, 0.25) is 0 Å². The van der Waals surface area contributed by atoms with Crippen LogP contribution in [0, 0.1) is 0 Å². The van der Waals surface area contributed by atoms with Crippen LogP contribution in [0.3, 0.4) is 0 Å². The summed E-state index contributed by atoms with van der Waals surface area (Å²) in [7, 11) is -2.11. The fourth-order valence-electron chi connectivity index (χ4n) is 4.20. The number of rotatable bonds is 7. The van der Waals surface area contributed by atoms with E-state index < -0.39 is 10.2 Å². The van der Waals surface area contributed by atoms with Crippen LogP contribution in [0.15, 0.2) is 73.3 Å². The Morgan fingerprint density at radius 3 is 2.44 bits per heavy atom. The summed E-state index contributed by atoms with van der Waals surface area (Å²) in [5.41, 5.74) is 1.18. The van der Waals surface area contributed by atoms with Gasteiger partial charge >= 0.3 is 10.2 Å². The van der Waals surface area contributed by atoms with Crippen LogP contribution in [-0.2, 0) is 15.6 Å². The molecule has 0 bridgehead atoms. The first kappa shape index (κ1) is 22.0. The Hall–Kier alpha value is -3.17. The Bertz CT molecular complexity index is 1160. The van der Waals surface area contributed by atoms with Gasteiger partial charge in [0, 0.05) is 37.4 Å². The molecular formula is C23H26N4O4S. The highest BCUT2D eigenvalue weighted by atomic mass is 32.2. The van der Waals surface area contributed by atoms with Gasteiger partial charge in [0.05, 0.1) is 12.7 Å². The summed E-state index contributed by atoms with van der Waals surface area (Å²) < 4.78 is 33.7. The second-order valence-corrected chi connectivity index (χ2v) is 9.66. The quantitative estimate of drug-likeness (QED) is 0.592. The van der Waals surface area contributed by atoms with Crippen molar-refractivity contribution in [3.8, 4) is 5.75 Å². The lowest BCUT2D eigenvalue weighted by atomic mass is 9.73. The number of imidazole rings is 1. The minimum absolute atomic E-state index is 0.216. The van der Waals surface area contributed by atoms with Gasteiger partial charge in [-0.2, -0.15) is 12.7 Å². The third-order valence-electron chi connectivity index (χ3n) is 6.08. The van der Waals surface area contributed by atoms with E-state index in [-0.39, 0.29) is 11.3 Å². The molecule has 1 aliphatic rings. The molecule has 0 saturated carbocycles. The lowest BCUT2D eigenvalue weighted by Crippen LogP contribution is -2.51. The van der Waals surface area contributed by atoms with Crippen molar-refractivity contribution in [1.29, 1.82) is 0 Å². The van der Waals surface area contributed by atoms with E-state index in [9.17, 15) is 13.2 Å². The summed E-state index contributed by atoms with van der Waals surface area (Å²) in [6.07, 6.45) is 5.33. The molecule has 0 radical (unpaired) electrons. The zero-order valence-electron chi connectivity index (χ0n) is 17.8. The molecule has 2 aromatic carbocycles. The van der Waals surface area contributed by atoms with Crippen LogP contribution in [0.5, 0.6) is 5.75 Å². The van der Waals surface area contributed by atoms with Crippen molar-refractivity contribution >= 4 is 16.1 Å². The summed E-state index contributed by atoms with van der Waals surface area (Å²) >= 11 is 0. The van der Waals surface area contributed by atoms with Crippen LogP contribution < -0.4 is 10.1 Å². The monoisotopic (exact) mass is 454 g/mol. The topological polar surface area (TPSA) is 93.5 Å². The van der Waals surface area contributed by atoms with E-state index in [1.807, 2.05) is 36.4 Å². The molecule has 9 heteroatoms. The van der Waals surface area contributed by atoms with E-state index in [2.05, 4.69) is 10.3 Å². The van der Waals surface area contributed by atoms with Crippen molar-refractivity contribution < 1.29 is 17.9 Å². The van der Waals surface area contributed by atoms with Crippen LogP contribution in [0.2, 0.25) is 0 Å². The van der Waals surface area contributed by atoms with Gasteiger partial charge in [0.15, 0.2) is 0 Å². The van der Waals surface area contributed by atoms with Gasteiger partial charge in [-0.05, 0) is 30.5 Å². The second-order valence-electron chi connectivity index (χ2n) is 7.83. The number of nitrogens with one attached hydrogen (secondary N) is 1. The van der Waals surface area contributed by atoms with Gasteiger partial charge in [0.25, 0.3) is 5.91 Å². The molecule has 0 unspecified atom stereocenters. The van der Waals surface area contributed by atoms with E-state index >= 15 is 0 Å². The molecule has 0 atom stereocenters. The smallest absolute Gasteiger partial charge is 0.308 e. The average Bonchev–Trinajstić information content (AvgIpc) is 3.39. The predicted molar refractivity (Wildman–Crippen MR) is 121 cm³/mol. The number of piperidine rings is 1. The summed E-state index contributed by atoms with van der Waals surface area (Å²) in [4.78, 5) is 16.8. The SMILES string of the molecule is COc1ccccc1C(=O)NCC1(c2ccccc2)CCN(S(=O)(=O)n2ccnc2)CC1. The molecule has 168 valence electrons. The fraction of sp³-hybridized carbons (Fsp3) is 0.304. The maximum Gasteiger partial charge on any atom is 0.308 e.